The number of aryl methyl sites for hydroxylation is 1. The fourth-order valence-corrected chi connectivity index (χ4v) is 3.17. The molecule has 21 heavy (non-hydrogen) atoms. The molecule has 1 aromatic heterocycles. The van der Waals surface area contributed by atoms with E-state index in [-0.39, 0.29) is 0 Å². The molecule has 0 aliphatic carbocycles. The van der Waals surface area contributed by atoms with E-state index in [1.54, 1.807) is 6.26 Å². The topological polar surface area (TPSA) is 34.4 Å². The Hall–Kier alpha value is -1.39. The van der Waals surface area contributed by atoms with Crippen molar-refractivity contribution in [1.82, 2.24) is 5.32 Å². The average molecular weight is 305 g/mol. The number of thioether (sulfide) groups is 1. The smallest absolute Gasteiger partial charge is 0.119 e. The van der Waals surface area contributed by atoms with Crippen LogP contribution in [0.3, 0.4) is 0 Å². The molecule has 0 amide bonds. The van der Waals surface area contributed by atoms with Crippen LogP contribution in [0.4, 0.5) is 0 Å². The fourth-order valence-electron chi connectivity index (χ4n) is 2.06. The van der Waals surface area contributed by atoms with Gasteiger partial charge in [0.1, 0.15) is 11.5 Å². The molecule has 0 saturated carbocycles. The SMILES string of the molecule is CCCOc1ccc(C(CSc2ccoc2C)NC)cc1. The first-order chi connectivity index (χ1) is 10.2. The molecule has 1 unspecified atom stereocenters. The molecule has 0 spiro atoms. The van der Waals surface area contributed by atoms with Crippen LogP contribution in [0.2, 0.25) is 0 Å². The Morgan fingerprint density at radius 2 is 2.00 bits per heavy atom. The molecule has 0 fully saturated rings. The first kappa shape index (κ1) is 16.0. The lowest BCUT2D eigenvalue weighted by molar-refractivity contribution is 0.317. The number of furan rings is 1. The number of ether oxygens (including phenoxy) is 1. The van der Waals surface area contributed by atoms with Crippen LogP contribution < -0.4 is 10.1 Å². The second kappa shape index (κ2) is 8.15. The van der Waals surface area contributed by atoms with E-state index in [4.69, 9.17) is 9.15 Å². The third-order valence-electron chi connectivity index (χ3n) is 3.32. The van der Waals surface area contributed by atoms with Crippen molar-refractivity contribution in [2.24, 2.45) is 0 Å². The van der Waals surface area contributed by atoms with E-state index in [9.17, 15) is 0 Å². The van der Waals surface area contributed by atoms with Gasteiger partial charge in [0.15, 0.2) is 0 Å². The van der Waals surface area contributed by atoms with E-state index in [1.807, 2.05) is 43.9 Å². The molecule has 2 aromatic rings. The Morgan fingerprint density at radius 3 is 2.57 bits per heavy atom. The van der Waals surface area contributed by atoms with Crippen molar-refractivity contribution < 1.29 is 9.15 Å². The Kier molecular flexibility index (Phi) is 6.21. The molecule has 1 aromatic carbocycles. The van der Waals surface area contributed by atoms with E-state index in [0.29, 0.717) is 6.04 Å². The lowest BCUT2D eigenvalue weighted by atomic mass is 10.1. The monoisotopic (exact) mass is 305 g/mol. The van der Waals surface area contributed by atoms with Gasteiger partial charge in [0.25, 0.3) is 0 Å². The number of rotatable bonds is 8. The summed E-state index contributed by atoms with van der Waals surface area (Å²) in [5.74, 6) is 2.89. The highest BCUT2D eigenvalue weighted by Gasteiger charge is 2.11. The second-order valence-electron chi connectivity index (χ2n) is 4.91. The van der Waals surface area contributed by atoms with Crippen LogP contribution in [0.25, 0.3) is 0 Å². The summed E-state index contributed by atoms with van der Waals surface area (Å²) in [4.78, 5) is 1.21. The van der Waals surface area contributed by atoms with Gasteiger partial charge in [0.05, 0.1) is 12.9 Å². The van der Waals surface area contributed by atoms with Gasteiger partial charge < -0.3 is 14.5 Å². The minimum absolute atomic E-state index is 0.310. The summed E-state index contributed by atoms with van der Waals surface area (Å²) >= 11 is 1.81. The lowest BCUT2D eigenvalue weighted by Crippen LogP contribution is -2.18. The third-order valence-corrected chi connectivity index (χ3v) is 4.56. The zero-order chi connectivity index (χ0) is 15.1. The number of benzene rings is 1. The summed E-state index contributed by atoms with van der Waals surface area (Å²) in [5, 5.41) is 3.37. The average Bonchev–Trinajstić information content (AvgIpc) is 2.92. The Balaban J connectivity index is 1.95. The third kappa shape index (κ3) is 4.55. The first-order valence-electron chi connectivity index (χ1n) is 7.31. The molecule has 0 aliphatic heterocycles. The fraction of sp³-hybridized carbons (Fsp3) is 0.412. The van der Waals surface area contributed by atoms with Crippen LogP contribution >= 0.6 is 11.8 Å². The molecular weight excluding hydrogens is 282 g/mol. The van der Waals surface area contributed by atoms with Crippen molar-refractivity contribution in [2.75, 3.05) is 19.4 Å². The zero-order valence-electron chi connectivity index (χ0n) is 12.9. The molecule has 2 rings (SSSR count). The van der Waals surface area contributed by atoms with Gasteiger partial charge >= 0.3 is 0 Å². The van der Waals surface area contributed by atoms with Gasteiger partial charge in [0, 0.05) is 16.7 Å². The molecule has 1 atom stereocenters. The van der Waals surface area contributed by atoms with Crippen molar-refractivity contribution >= 4 is 11.8 Å². The number of hydrogen-bond donors (Lipinski definition) is 1. The Morgan fingerprint density at radius 1 is 1.24 bits per heavy atom. The minimum Gasteiger partial charge on any atom is -0.494 e. The van der Waals surface area contributed by atoms with Crippen LogP contribution in [0.5, 0.6) is 5.75 Å². The van der Waals surface area contributed by atoms with Gasteiger partial charge in [-0.05, 0) is 44.2 Å². The van der Waals surface area contributed by atoms with Gasteiger partial charge in [-0.1, -0.05) is 19.1 Å². The molecule has 1 heterocycles. The second-order valence-corrected chi connectivity index (χ2v) is 5.97. The first-order valence-corrected chi connectivity index (χ1v) is 8.30. The van der Waals surface area contributed by atoms with E-state index in [0.717, 1.165) is 30.3 Å². The van der Waals surface area contributed by atoms with Crippen molar-refractivity contribution in [3.63, 3.8) is 0 Å². The summed E-state index contributed by atoms with van der Waals surface area (Å²) in [5.41, 5.74) is 1.27. The molecule has 4 heteroatoms. The highest BCUT2D eigenvalue weighted by Crippen LogP contribution is 2.28. The molecule has 0 aliphatic rings. The standard InChI is InChI=1S/C17H23NO2S/c1-4-10-20-15-7-5-14(6-8-15)16(18-3)12-21-17-9-11-19-13(17)2/h5-9,11,16,18H,4,10,12H2,1-3H3. The van der Waals surface area contributed by atoms with E-state index in [1.165, 1.54) is 10.5 Å². The van der Waals surface area contributed by atoms with Crippen LogP contribution in [-0.2, 0) is 0 Å². The number of nitrogens with one attached hydrogen (secondary N) is 1. The Labute approximate surface area is 131 Å². The molecular formula is C17H23NO2S. The largest absolute Gasteiger partial charge is 0.494 e. The van der Waals surface area contributed by atoms with Crippen molar-refractivity contribution in [1.29, 1.82) is 0 Å². The van der Waals surface area contributed by atoms with E-state index in [2.05, 4.69) is 24.4 Å². The maximum Gasteiger partial charge on any atom is 0.119 e. The van der Waals surface area contributed by atoms with Crippen molar-refractivity contribution in [2.45, 2.75) is 31.2 Å². The molecule has 1 N–H and O–H groups in total. The predicted molar refractivity (Wildman–Crippen MR) is 88.2 cm³/mol. The van der Waals surface area contributed by atoms with Gasteiger partial charge in [-0.15, -0.1) is 11.8 Å². The summed E-state index contributed by atoms with van der Waals surface area (Å²) in [6.07, 6.45) is 2.77. The van der Waals surface area contributed by atoms with E-state index < -0.39 is 0 Å². The number of hydrogen-bond acceptors (Lipinski definition) is 4. The van der Waals surface area contributed by atoms with Crippen LogP contribution in [0.1, 0.15) is 30.7 Å². The maximum atomic E-state index is 5.62. The summed E-state index contributed by atoms with van der Waals surface area (Å²) in [6, 6.07) is 10.7. The predicted octanol–water partition coefficient (Wildman–Crippen LogP) is 4.43. The molecule has 0 bridgehead atoms. The minimum atomic E-state index is 0.310. The summed E-state index contributed by atoms with van der Waals surface area (Å²) in [7, 11) is 1.99. The zero-order valence-corrected chi connectivity index (χ0v) is 13.7. The quantitative estimate of drug-likeness (QED) is 0.732. The normalized spacial score (nSPS) is 12.3. The van der Waals surface area contributed by atoms with Crippen LogP contribution in [0, 0.1) is 6.92 Å². The summed E-state index contributed by atoms with van der Waals surface area (Å²) < 4.78 is 11.0. The lowest BCUT2D eigenvalue weighted by Gasteiger charge is -2.16. The summed E-state index contributed by atoms with van der Waals surface area (Å²) in [6.45, 7) is 4.88. The van der Waals surface area contributed by atoms with Crippen molar-refractivity contribution in [3.05, 3.63) is 47.9 Å². The Bertz CT molecular complexity index is 536. The maximum absolute atomic E-state index is 5.62. The van der Waals surface area contributed by atoms with Crippen LogP contribution in [-0.4, -0.2) is 19.4 Å². The van der Waals surface area contributed by atoms with E-state index >= 15 is 0 Å². The highest BCUT2D eigenvalue weighted by molar-refractivity contribution is 7.99. The molecule has 114 valence electrons. The van der Waals surface area contributed by atoms with Gasteiger partial charge in [0.2, 0.25) is 0 Å². The molecule has 0 saturated heterocycles. The van der Waals surface area contributed by atoms with Gasteiger partial charge in [-0.25, -0.2) is 0 Å². The molecule has 3 nitrogen and oxygen atoms in total. The van der Waals surface area contributed by atoms with Crippen molar-refractivity contribution in [3.8, 4) is 5.75 Å². The van der Waals surface area contributed by atoms with Gasteiger partial charge in [-0.3, -0.25) is 0 Å². The van der Waals surface area contributed by atoms with Crippen LogP contribution in [0.15, 0.2) is 45.9 Å². The molecule has 0 radical (unpaired) electrons. The highest BCUT2D eigenvalue weighted by atomic mass is 32.2. The van der Waals surface area contributed by atoms with Gasteiger partial charge in [-0.2, -0.15) is 0 Å².